The highest BCUT2D eigenvalue weighted by Gasteiger charge is 2.14. The second kappa shape index (κ2) is 3.38. The number of carbonyl (C=O) groups excluding carboxylic acids is 1. The molecule has 0 saturated heterocycles. The van der Waals surface area contributed by atoms with E-state index in [1.807, 2.05) is 0 Å². The van der Waals surface area contributed by atoms with Crippen molar-refractivity contribution in [1.82, 2.24) is 4.98 Å². The Bertz CT molecular complexity index is 299. The molecule has 12 heavy (non-hydrogen) atoms. The largest absolute Gasteiger partial charge is 0.298 e. The van der Waals surface area contributed by atoms with E-state index in [0.717, 1.165) is 12.4 Å². The van der Waals surface area contributed by atoms with Crippen LogP contribution in [-0.2, 0) is 0 Å². The van der Waals surface area contributed by atoms with Crippen LogP contribution in [0.4, 0.5) is 8.78 Å². The topological polar surface area (TPSA) is 30.0 Å². The molecule has 0 aliphatic rings. The summed E-state index contributed by atoms with van der Waals surface area (Å²) in [6, 6.07) is 0. The minimum absolute atomic E-state index is 0.0370. The first-order valence-electron chi connectivity index (χ1n) is 3.39. The highest BCUT2D eigenvalue weighted by molar-refractivity contribution is 5.76. The fourth-order valence-corrected chi connectivity index (χ4v) is 0.974. The molecule has 1 aromatic rings. The van der Waals surface area contributed by atoms with Crippen molar-refractivity contribution in [2.24, 2.45) is 0 Å². The molecular formula is C8H7F2NO. The number of nitrogens with zero attached hydrogens (tertiary/aromatic N) is 1. The van der Waals surface area contributed by atoms with Gasteiger partial charge in [0.2, 0.25) is 0 Å². The molecule has 0 aromatic carbocycles. The van der Waals surface area contributed by atoms with Crippen molar-refractivity contribution < 1.29 is 13.6 Å². The third kappa shape index (κ3) is 1.47. The van der Waals surface area contributed by atoms with E-state index >= 15 is 0 Å². The van der Waals surface area contributed by atoms with E-state index in [0.29, 0.717) is 6.29 Å². The lowest BCUT2D eigenvalue weighted by molar-refractivity contribution is 0.111. The van der Waals surface area contributed by atoms with Crippen LogP contribution in [0.15, 0.2) is 12.4 Å². The highest BCUT2D eigenvalue weighted by Crippen LogP contribution is 2.21. The van der Waals surface area contributed by atoms with Gasteiger partial charge >= 0.3 is 0 Å². The highest BCUT2D eigenvalue weighted by atomic mass is 19.1. The van der Waals surface area contributed by atoms with Gasteiger partial charge in [0.25, 0.3) is 0 Å². The zero-order valence-corrected chi connectivity index (χ0v) is 6.42. The zero-order chi connectivity index (χ0) is 9.14. The van der Waals surface area contributed by atoms with Crippen molar-refractivity contribution in [1.29, 1.82) is 0 Å². The number of hydrogen-bond donors (Lipinski definition) is 0. The second-order valence-electron chi connectivity index (χ2n) is 2.36. The maximum Gasteiger partial charge on any atom is 0.152 e. The van der Waals surface area contributed by atoms with Gasteiger partial charge < -0.3 is 0 Å². The number of hydrogen-bond acceptors (Lipinski definition) is 2. The lowest BCUT2D eigenvalue weighted by Crippen LogP contribution is -1.99. The van der Waals surface area contributed by atoms with E-state index in [1.54, 1.807) is 0 Å². The van der Waals surface area contributed by atoms with Gasteiger partial charge in [0.15, 0.2) is 6.29 Å². The van der Waals surface area contributed by atoms with Gasteiger partial charge in [-0.05, 0) is 6.92 Å². The van der Waals surface area contributed by atoms with Crippen LogP contribution in [0.1, 0.15) is 29.0 Å². The summed E-state index contributed by atoms with van der Waals surface area (Å²) in [5.41, 5.74) is -0.259. The Morgan fingerprint density at radius 2 is 2.25 bits per heavy atom. The SMILES string of the molecule is CC(F)c1c(F)cncc1C=O. The van der Waals surface area contributed by atoms with Crippen molar-refractivity contribution >= 4 is 6.29 Å². The fourth-order valence-electron chi connectivity index (χ4n) is 0.974. The second-order valence-corrected chi connectivity index (χ2v) is 2.36. The van der Waals surface area contributed by atoms with E-state index in [1.165, 1.54) is 6.92 Å². The Kier molecular flexibility index (Phi) is 2.47. The van der Waals surface area contributed by atoms with Crippen molar-refractivity contribution in [3.8, 4) is 0 Å². The van der Waals surface area contributed by atoms with Gasteiger partial charge in [0.05, 0.1) is 6.20 Å². The summed E-state index contributed by atoms with van der Waals surface area (Å²) >= 11 is 0. The maximum atomic E-state index is 12.8. The van der Waals surface area contributed by atoms with E-state index in [-0.39, 0.29) is 11.1 Å². The summed E-state index contributed by atoms with van der Waals surface area (Å²) in [5, 5.41) is 0. The summed E-state index contributed by atoms with van der Waals surface area (Å²) in [6.07, 6.45) is 0.926. The predicted molar refractivity (Wildman–Crippen MR) is 39.1 cm³/mol. The van der Waals surface area contributed by atoms with E-state index in [2.05, 4.69) is 4.98 Å². The first-order chi connectivity index (χ1) is 5.66. The molecular weight excluding hydrogens is 164 g/mol. The molecule has 0 N–H and O–H groups in total. The van der Waals surface area contributed by atoms with Gasteiger partial charge in [-0.1, -0.05) is 0 Å². The molecule has 1 unspecified atom stereocenters. The third-order valence-corrected chi connectivity index (χ3v) is 1.49. The zero-order valence-electron chi connectivity index (χ0n) is 6.42. The molecule has 0 radical (unpaired) electrons. The monoisotopic (exact) mass is 171 g/mol. The summed E-state index contributed by atoms with van der Waals surface area (Å²) in [5.74, 6) is -0.783. The van der Waals surface area contributed by atoms with Gasteiger partial charge in [-0.3, -0.25) is 9.78 Å². The molecule has 0 saturated carbocycles. The minimum atomic E-state index is -1.49. The van der Waals surface area contributed by atoms with Crippen LogP contribution >= 0.6 is 0 Å². The van der Waals surface area contributed by atoms with Crippen molar-refractivity contribution in [3.05, 3.63) is 29.3 Å². The summed E-state index contributed by atoms with van der Waals surface area (Å²) < 4.78 is 25.5. The molecule has 0 aliphatic carbocycles. The van der Waals surface area contributed by atoms with Gasteiger partial charge in [-0.25, -0.2) is 8.78 Å². The van der Waals surface area contributed by atoms with Gasteiger partial charge in [-0.15, -0.1) is 0 Å². The predicted octanol–water partition coefficient (Wildman–Crippen LogP) is 2.06. The van der Waals surface area contributed by atoms with Crippen LogP contribution in [0.3, 0.4) is 0 Å². The number of alkyl halides is 1. The van der Waals surface area contributed by atoms with E-state index in [9.17, 15) is 13.6 Å². The molecule has 1 heterocycles. The Hall–Kier alpha value is -1.32. The molecule has 0 spiro atoms. The first kappa shape index (κ1) is 8.77. The Labute approximate surface area is 68.2 Å². The lowest BCUT2D eigenvalue weighted by Gasteiger charge is -2.05. The van der Waals surface area contributed by atoms with Crippen molar-refractivity contribution in [2.75, 3.05) is 0 Å². The van der Waals surface area contributed by atoms with E-state index in [4.69, 9.17) is 0 Å². The van der Waals surface area contributed by atoms with Gasteiger partial charge in [0.1, 0.15) is 12.0 Å². The summed E-state index contributed by atoms with van der Waals surface area (Å²) in [4.78, 5) is 13.7. The number of aromatic nitrogens is 1. The molecule has 64 valence electrons. The van der Waals surface area contributed by atoms with Crippen LogP contribution in [0.2, 0.25) is 0 Å². The number of rotatable bonds is 2. The molecule has 0 aliphatic heterocycles. The molecule has 2 nitrogen and oxygen atoms in total. The summed E-state index contributed by atoms with van der Waals surface area (Å²) in [7, 11) is 0. The average Bonchev–Trinajstić information content (AvgIpc) is 2.03. The minimum Gasteiger partial charge on any atom is -0.298 e. The molecule has 0 bridgehead atoms. The van der Waals surface area contributed by atoms with Gasteiger partial charge in [0, 0.05) is 17.3 Å². The molecule has 1 aromatic heterocycles. The van der Waals surface area contributed by atoms with Gasteiger partial charge in [-0.2, -0.15) is 0 Å². The number of aldehydes is 1. The third-order valence-electron chi connectivity index (χ3n) is 1.49. The fraction of sp³-hybridized carbons (Fsp3) is 0.250. The Morgan fingerprint density at radius 1 is 1.58 bits per heavy atom. The van der Waals surface area contributed by atoms with Crippen molar-refractivity contribution in [3.63, 3.8) is 0 Å². The smallest absolute Gasteiger partial charge is 0.152 e. The average molecular weight is 171 g/mol. The first-order valence-corrected chi connectivity index (χ1v) is 3.39. The molecule has 0 fully saturated rings. The molecule has 1 rings (SSSR count). The molecule has 0 amide bonds. The normalized spacial score (nSPS) is 12.6. The van der Waals surface area contributed by atoms with Crippen LogP contribution in [0, 0.1) is 5.82 Å². The standard InChI is InChI=1S/C8H7F2NO/c1-5(9)8-6(4-12)2-11-3-7(8)10/h2-5H,1H3. The lowest BCUT2D eigenvalue weighted by atomic mass is 10.1. The number of pyridine rings is 1. The number of carbonyl (C=O) groups is 1. The Morgan fingerprint density at radius 3 is 2.67 bits per heavy atom. The maximum absolute atomic E-state index is 12.8. The quantitative estimate of drug-likeness (QED) is 0.637. The van der Waals surface area contributed by atoms with E-state index < -0.39 is 12.0 Å². The van der Waals surface area contributed by atoms with Crippen molar-refractivity contribution in [2.45, 2.75) is 13.1 Å². The molecule has 4 heteroatoms. The van der Waals surface area contributed by atoms with Crippen LogP contribution in [0.25, 0.3) is 0 Å². The number of halogens is 2. The summed E-state index contributed by atoms with van der Waals surface area (Å²) in [6.45, 7) is 1.17. The Balaban J connectivity index is 3.29. The molecule has 1 atom stereocenters. The van der Waals surface area contributed by atoms with Crippen LogP contribution < -0.4 is 0 Å². The van der Waals surface area contributed by atoms with Crippen LogP contribution in [-0.4, -0.2) is 11.3 Å². The van der Waals surface area contributed by atoms with Crippen LogP contribution in [0.5, 0.6) is 0 Å².